The molecule has 0 aromatic heterocycles. The summed E-state index contributed by atoms with van der Waals surface area (Å²) in [6.07, 6.45) is 1.54. The Kier molecular flexibility index (Phi) is 4.69. The van der Waals surface area contributed by atoms with Gasteiger partial charge in [0.1, 0.15) is 11.6 Å². The molecule has 9 heteroatoms. The molecule has 2 aromatic carbocycles. The van der Waals surface area contributed by atoms with E-state index >= 15 is 0 Å². The molecule has 3 rings (SSSR count). The van der Waals surface area contributed by atoms with Crippen molar-refractivity contribution in [2.75, 3.05) is 13.1 Å². The Bertz CT molecular complexity index is 893. The molecule has 7 nitrogen and oxygen atoms in total. The zero-order valence-electron chi connectivity index (χ0n) is 13.1. The van der Waals surface area contributed by atoms with Crippen LogP contribution in [0.1, 0.15) is 12.8 Å². The summed E-state index contributed by atoms with van der Waals surface area (Å²) in [5.41, 5.74) is -0.468. The molecule has 0 radical (unpaired) electrons. The molecule has 132 valence electrons. The summed E-state index contributed by atoms with van der Waals surface area (Å²) >= 11 is 0. The van der Waals surface area contributed by atoms with Crippen LogP contribution in [0.2, 0.25) is 0 Å². The minimum atomic E-state index is -3.77. The number of hydrogen-bond donors (Lipinski definition) is 0. The zero-order valence-corrected chi connectivity index (χ0v) is 13.9. The second-order valence-corrected chi connectivity index (χ2v) is 7.49. The fourth-order valence-electron chi connectivity index (χ4n) is 2.59. The number of nitrogens with zero attached hydrogens (tertiary/aromatic N) is 2. The fraction of sp³-hybridized carbons (Fsp3) is 0.250. The van der Waals surface area contributed by atoms with Crippen molar-refractivity contribution in [3.63, 3.8) is 0 Å². The Morgan fingerprint density at radius 3 is 2.32 bits per heavy atom. The number of hydrogen-bond acceptors (Lipinski definition) is 5. The van der Waals surface area contributed by atoms with E-state index in [4.69, 9.17) is 4.74 Å². The quantitative estimate of drug-likeness (QED) is 0.598. The smallest absolute Gasteiger partial charge is 0.312 e. The third-order valence-electron chi connectivity index (χ3n) is 3.87. The van der Waals surface area contributed by atoms with Crippen LogP contribution in [0.5, 0.6) is 11.5 Å². The highest BCUT2D eigenvalue weighted by Crippen LogP contribution is 2.34. The summed E-state index contributed by atoms with van der Waals surface area (Å²) in [5.74, 6) is -0.370. The number of rotatable bonds is 5. The van der Waals surface area contributed by atoms with Crippen molar-refractivity contribution in [1.29, 1.82) is 0 Å². The summed E-state index contributed by atoms with van der Waals surface area (Å²) < 4.78 is 44.7. The number of benzene rings is 2. The first kappa shape index (κ1) is 17.3. The third kappa shape index (κ3) is 3.62. The first-order valence-corrected chi connectivity index (χ1v) is 9.04. The second-order valence-electron chi connectivity index (χ2n) is 5.55. The average molecular weight is 366 g/mol. The van der Waals surface area contributed by atoms with Crippen molar-refractivity contribution < 1.29 is 22.5 Å². The Balaban J connectivity index is 1.95. The van der Waals surface area contributed by atoms with Gasteiger partial charge in [-0.05, 0) is 49.2 Å². The molecular formula is C16H15FN2O5S. The van der Waals surface area contributed by atoms with Crippen LogP contribution < -0.4 is 4.74 Å². The van der Waals surface area contributed by atoms with E-state index in [1.807, 2.05) is 0 Å². The molecule has 25 heavy (non-hydrogen) atoms. The van der Waals surface area contributed by atoms with Crippen LogP contribution in [-0.2, 0) is 10.0 Å². The topological polar surface area (TPSA) is 89.8 Å². The van der Waals surface area contributed by atoms with Crippen molar-refractivity contribution in [3.8, 4) is 11.5 Å². The summed E-state index contributed by atoms with van der Waals surface area (Å²) in [6.45, 7) is 0.813. The molecular weight excluding hydrogens is 351 g/mol. The average Bonchev–Trinajstić information content (AvgIpc) is 3.12. The summed E-state index contributed by atoms with van der Waals surface area (Å²) in [6, 6.07) is 8.49. The highest BCUT2D eigenvalue weighted by atomic mass is 32.2. The van der Waals surface area contributed by atoms with Crippen LogP contribution in [0.3, 0.4) is 0 Å². The van der Waals surface area contributed by atoms with Crippen molar-refractivity contribution in [3.05, 3.63) is 58.4 Å². The van der Waals surface area contributed by atoms with Gasteiger partial charge in [0.15, 0.2) is 0 Å². The van der Waals surface area contributed by atoms with Crippen LogP contribution in [0.25, 0.3) is 0 Å². The lowest BCUT2D eigenvalue weighted by atomic mass is 10.3. The molecule has 1 aliphatic rings. The van der Waals surface area contributed by atoms with E-state index in [0.717, 1.165) is 31.0 Å². The van der Waals surface area contributed by atoms with Crippen molar-refractivity contribution in [2.24, 2.45) is 0 Å². The van der Waals surface area contributed by atoms with E-state index in [1.54, 1.807) is 0 Å². The molecule has 0 unspecified atom stereocenters. The van der Waals surface area contributed by atoms with Gasteiger partial charge in [0.25, 0.3) is 0 Å². The molecule has 1 heterocycles. The highest BCUT2D eigenvalue weighted by molar-refractivity contribution is 7.89. The Hall–Kier alpha value is -2.52. The number of sulfonamides is 1. The van der Waals surface area contributed by atoms with Crippen LogP contribution in [-0.4, -0.2) is 30.7 Å². The van der Waals surface area contributed by atoms with Crippen molar-refractivity contribution >= 4 is 15.7 Å². The standard InChI is InChI=1S/C16H15FN2O5S/c17-12-3-5-13(6-4-12)24-16-8-7-14(11-15(16)19(20)21)25(22,23)18-9-1-2-10-18/h3-8,11H,1-2,9-10H2. The SMILES string of the molecule is O=[N+]([O-])c1cc(S(=O)(=O)N2CCCC2)ccc1Oc1ccc(F)cc1. The molecule has 0 amide bonds. The Labute approximate surface area is 143 Å². The lowest BCUT2D eigenvalue weighted by molar-refractivity contribution is -0.385. The van der Waals surface area contributed by atoms with E-state index in [0.29, 0.717) is 13.1 Å². The van der Waals surface area contributed by atoms with Gasteiger partial charge in [-0.15, -0.1) is 0 Å². The predicted octanol–water partition coefficient (Wildman–Crippen LogP) is 3.31. The molecule has 1 fully saturated rings. The maximum Gasteiger partial charge on any atom is 0.312 e. The molecule has 0 spiro atoms. The van der Waals surface area contributed by atoms with Crippen LogP contribution in [0, 0.1) is 15.9 Å². The van der Waals surface area contributed by atoms with Gasteiger partial charge in [-0.25, -0.2) is 12.8 Å². The molecule has 0 N–H and O–H groups in total. The maximum absolute atomic E-state index is 12.9. The van der Waals surface area contributed by atoms with Gasteiger partial charge in [0.05, 0.1) is 9.82 Å². The van der Waals surface area contributed by atoms with Crippen LogP contribution >= 0.6 is 0 Å². The number of halogens is 1. The number of nitro benzene ring substituents is 1. The van der Waals surface area contributed by atoms with Gasteiger partial charge < -0.3 is 4.74 Å². The molecule has 1 aliphatic heterocycles. The summed E-state index contributed by atoms with van der Waals surface area (Å²) in [4.78, 5) is 10.5. The van der Waals surface area contributed by atoms with Crippen LogP contribution in [0.4, 0.5) is 10.1 Å². The van der Waals surface area contributed by atoms with Gasteiger partial charge >= 0.3 is 5.69 Å². The lowest BCUT2D eigenvalue weighted by Gasteiger charge is -2.15. The number of nitro groups is 1. The minimum absolute atomic E-state index is 0.114. The van der Waals surface area contributed by atoms with Crippen molar-refractivity contribution in [2.45, 2.75) is 17.7 Å². The van der Waals surface area contributed by atoms with Crippen LogP contribution in [0.15, 0.2) is 47.4 Å². The van der Waals surface area contributed by atoms with E-state index in [2.05, 4.69) is 0 Å². The molecule has 0 saturated carbocycles. The third-order valence-corrected chi connectivity index (χ3v) is 5.77. The van der Waals surface area contributed by atoms with Gasteiger partial charge in [-0.1, -0.05) is 0 Å². The first-order valence-electron chi connectivity index (χ1n) is 7.60. The second kappa shape index (κ2) is 6.77. The van der Waals surface area contributed by atoms with Gasteiger partial charge in [-0.2, -0.15) is 4.31 Å². The van der Waals surface area contributed by atoms with E-state index in [9.17, 15) is 22.9 Å². The van der Waals surface area contributed by atoms with E-state index in [1.165, 1.54) is 28.6 Å². The van der Waals surface area contributed by atoms with Crippen molar-refractivity contribution in [1.82, 2.24) is 4.31 Å². The van der Waals surface area contributed by atoms with Gasteiger partial charge in [0, 0.05) is 19.2 Å². The Morgan fingerprint density at radius 2 is 1.72 bits per heavy atom. The largest absolute Gasteiger partial charge is 0.450 e. The zero-order chi connectivity index (χ0) is 18.0. The maximum atomic E-state index is 12.9. The molecule has 0 bridgehead atoms. The Morgan fingerprint density at radius 1 is 1.08 bits per heavy atom. The van der Waals surface area contributed by atoms with E-state index in [-0.39, 0.29) is 16.4 Å². The molecule has 2 aromatic rings. The highest BCUT2D eigenvalue weighted by Gasteiger charge is 2.29. The predicted molar refractivity (Wildman–Crippen MR) is 87.6 cm³/mol. The summed E-state index contributed by atoms with van der Waals surface area (Å²) in [7, 11) is -3.77. The lowest BCUT2D eigenvalue weighted by Crippen LogP contribution is -2.27. The fourth-order valence-corrected chi connectivity index (χ4v) is 4.13. The molecule has 0 atom stereocenters. The molecule has 0 aliphatic carbocycles. The summed E-state index contributed by atoms with van der Waals surface area (Å²) in [5, 5.41) is 11.3. The minimum Gasteiger partial charge on any atom is -0.450 e. The number of ether oxygens (including phenoxy) is 1. The normalized spacial score (nSPS) is 15.2. The first-order chi connectivity index (χ1) is 11.9. The van der Waals surface area contributed by atoms with E-state index < -0.39 is 26.5 Å². The van der Waals surface area contributed by atoms with Gasteiger partial charge in [-0.3, -0.25) is 10.1 Å². The van der Waals surface area contributed by atoms with Gasteiger partial charge in [0.2, 0.25) is 15.8 Å². The molecule has 1 saturated heterocycles. The monoisotopic (exact) mass is 366 g/mol.